The quantitative estimate of drug-likeness (QED) is 0.710. The highest BCUT2D eigenvalue weighted by Crippen LogP contribution is 2.24. The second kappa shape index (κ2) is 7.48. The minimum Gasteiger partial charge on any atom is -0.345 e. The van der Waals surface area contributed by atoms with Gasteiger partial charge in [0.15, 0.2) is 5.82 Å². The molecule has 0 saturated heterocycles. The monoisotopic (exact) mass is 356 g/mol. The van der Waals surface area contributed by atoms with Gasteiger partial charge in [-0.05, 0) is 29.8 Å². The minimum absolute atomic E-state index is 0.0356. The summed E-state index contributed by atoms with van der Waals surface area (Å²) in [6.07, 6.45) is 0. The van der Waals surface area contributed by atoms with Crippen molar-refractivity contribution in [2.45, 2.75) is 10.9 Å². The maximum absolute atomic E-state index is 13.8. The lowest BCUT2D eigenvalue weighted by Crippen LogP contribution is -2.21. The molecule has 25 heavy (non-hydrogen) atoms. The second-order valence-electron chi connectivity index (χ2n) is 5.64. The van der Waals surface area contributed by atoms with Crippen LogP contribution in [-0.4, -0.2) is 40.1 Å². The number of thioether (sulfide) groups is 1. The standard InChI is InChI=1S/C18H17FN4OS/c1-23(2)17(24)13-7-5-6-12(10-13)11-25-18-20-16(21-22-18)14-8-3-4-9-15(14)19/h3-10H,11H2,1-2H3,(H,20,21,22). The van der Waals surface area contributed by atoms with Crippen LogP contribution in [0.1, 0.15) is 15.9 Å². The predicted octanol–water partition coefficient (Wildman–Crippen LogP) is 3.60. The summed E-state index contributed by atoms with van der Waals surface area (Å²) in [5.74, 6) is 0.636. The van der Waals surface area contributed by atoms with E-state index < -0.39 is 0 Å². The van der Waals surface area contributed by atoms with Crippen LogP contribution in [0.5, 0.6) is 0 Å². The molecule has 0 spiro atoms. The Labute approximate surface area is 149 Å². The highest BCUT2D eigenvalue weighted by molar-refractivity contribution is 7.98. The van der Waals surface area contributed by atoms with Crippen LogP contribution in [0.2, 0.25) is 0 Å². The summed E-state index contributed by atoms with van der Waals surface area (Å²) in [6.45, 7) is 0. The first kappa shape index (κ1) is 17.2. The SMILES string of the molecule is CN(C)C(=O)c1cccc(CSc2n[nH]c(-c3ccccc3F)n2)c1. The summed E-state index contributed by atoms with van der Waals surface area (Å²) in [6, 6.07) is 13.9. The number of carbonyl (C=O) groups is 1. The van der Waals surface area contributed by atoms with Crippen molar-refractivity contribution in [1.82, 2.24) is 20.1 Å². The number of hydrogen-bond donors (Lipinski definition) is 1. The average molecular weight is 356 g/mol. The van der Waals surface area contributed by atoms with Crippen LogP contribution < -0.4 is 0 Å². The van der Waals surface area contributed by atoms with Crippen LogP contribution >= 0.6 is 11.8 Å². The molecule has 7 heteroatoms. The van der Waals surface area contributed by atoms with Gasteiger partial charge in [-0.15, -0.1) is 5.10 Å². The van der Waals surface area contributed by atoms with Crippen LogP contribution in [0, 0.1) is 5.82 Å². The molecular weight excluding hydrogens is 339 g/mol. The molecule has 0 fully saturated rings. The highest BCUT2D eigenvalue weighted by atomic mass is 32.2. The molecule has 2 aromatic carbocycles. The maximum Gasteiger partial charge on any atom is 0.253 e. The van der Waals surface area contributed by atoms with Crippen molar-refractivity contribution < 1.29 is 9.18 Å². The molecule has 0 aliphatic heterocycles. The number of nitrogens with zero attached hydrogens (tertiary/aromatic N) is 3. The van der Waals surface area contributed by atoms with E-state index >= 15 is 0 Å². The third-order valence-electron chi connectivity index (χ3n) is 3.54. The van der Waals surface area contributed by atoms with Gasteiger partial charge < -0.3 is 4.90 Å². The van der Waals surface area contributed by atoms with Gasteiger partial charge in [0.1, 0.15) is 5.82 Å². The summed E-state index contributed by atoms with van der Waals surface area (Å²) >= 11 is 1.42. The molecule has 0 bridgehead atoms. The number of aromatic nitrogens is 3. The molecule has 5 nitrogen and oxygen atoms in total. The number of hydrogen-bond acceptors (Lipinski definition) is 4. The zero-order valence-electron chi connectivity index (χ0n) is 13.9. The van der Waals surface area contributed by atoms with Gasteiger partial charge in [0.05, 0.1) is 5.56 Å². The van der Waals surface area contributed by atoms with Gasteiger partial charge in [0.2, 0.25) is 5.16 Å². The summed E-state index contributed by atoms with van der Waals surface area (Å²) in [7, 11) is 3.45. The van der Waals surface area contributed by atoms with Gasteiger partial charge in [0.25, 0.3) is 5.91 Å². The third kappa shape index (κ3) is 4.06. The van der Waals surface area contributed by atoms with E-state index in [1.54, 1.807) is 43.3 Å². The normalized spacial score (nSPS) is 10.7. The molecular formula is C18H17FN4OS. The molecule has 1 heterocycles. The highest BCUT2D eigenvalue weighted by Gasteiger charge is 2.11. The lowest BCUT2D eigenvalue weighted by atomic mass is 10.1. The Morgan fingerprint density at radius 2 is 2.00 bits per heavy atom. The number of H-pyrrole nitrogens is 1. The molecule has 3 rings (SSSR count). The Kier molecular flexibility index (Phi) is 5.14. The van der Waals surface area contributed by atoms with E-state index in [-0.39, 0.29) is 11.7 Å². The van der Waals surface area contributed by atoms with E-state index in [2.05, 4.69) is 15.2 Å². The summed E-state index contributed by atoms with van der Waals surface area (Å²) < 4.78 is 13.8. The Morgan fingerprint density at radius 3 is 2.76 bits per heavy atom. The van der Waals surface area contributed by atoms with Crippen molar-refractivity contribution in [2.75, 3.05) is 14.1 Å². The lowest BCUT2D eigenvalue weighted by molar-refractivity contribution is 0.0827. The molecule has 1 amide bonds. The van der Waals surface area contributed by atoms with Crippen LogP contribution in [-0.2, 0) is 5.75 Å². The molecule has 1 aromatic heterocycles. The Balaban J connectivity index is 1.70. The van der Waals surface area contributed by atoms with E-state index in [0.29, 0.717) is 27.9 Å². The fraction of sp³-hybridized carbons (Fsp3) is 0.167. The first-order valence-corrected chi connectivity index (χ1v) is 8.64. The first-order valence-electron chi connectivity index (χ1n) is 7.65. The topological polar surface area (TPSA) is 61.9 Å². The molecule has 0 aliphatic rings. The fourth-order valence-corrected chi connectivity index (χ4v) is 3.03. The molecule has 0 radical (unpaired) electrons. The summed E-state index contributed by atoms with van der Waals surface area (Å²) in [5, 5.41) is 7.41. The van der Waals surface area contributed by atoms with E-state index in [4.69, 9.17) is 0 Å². The molecule has 0 aliphatic carbocycles. The zero-order valence-corrected chi connectivity index (χ0v) is 14.7. The number of nitrogens with one attached hydrogen (secondary N) is 1. The molecule has 0 atom stereocenters. The van der Waals surface area contributed by atoms with Crippen molar-refractivity contribution in [1.29, 1.82) is 0 Å². The largest absolute Gasteiger partial charge is 0.345 e. The van der Waals surface area contributed by atoms with Gasteiger partial charge >= 0.3 is 0 Å². The van der Waals surface area contributed by atoms with Crippen molar-refractivity contribution in [3.8, 4) is 11.4 Å². The van der Waals surface area contributed by atoms with E-state index in [1.165, 1.54) is 17.8 Å². The Bertz CT molecular complexity index is 894. The number of carbonyl (C=O) groups excluding carboxylic acids is 1. The maximum atomic E-state index is 13.8. The number of halogens is 1. The molecule has 0 unspecified atom stereocenters. The van der Waals surface area contributed by atoms with Gasteiger partial charge in [-0.1, -0.05) is 36.0 Å². The number of aromatic amines is 1. The van der Waals surface area contributed by atoms with Crippen molar-refractivity contribution >= 4 is 17.7 Å². The van der Waals surface area contributed by atoms with E-state index in [0.717, 1.165) is 5.56 Å². The molecule has 1 N–H and O–H groups in total. The fourth-order valence-electron chi connectivity index (χ4n) is 2.28. The molecule has 3 aromatic rings. The van der Waals surface area contributed by atoms with Gasteiger partial charge in [0, 0.05) is 25.4 Å². The van der Waals surface area contributed by atoms with Crippen molar-refractivity contribution in [3.05, 3.63) is 65.5 Å². The van der Waals surface area contributed by atoms with Crippen molar-refractivity contribution in [2.24, 2.45) is 0 Å². The molecule has 0 saturated carbocycles. The Hall–Kier alpha value is -2.67. The van der Waals surface area contributed by atoms with Gasteiger partial charge in [-0.25, -0.2) is 9.37 Å². The van der Waals surface area contributed by atoms with Gasteiger partial charge in [-0.2, -0.15) is 0 Å². The van der Waals surface area contributed by atoms with Crippen LogP contribution in [0.15, 0.2) is 53.7 Å². The van der Waals surface area contributed by atoms with E-state index in [1.807, 2.05) is 18.2 Å². The third-order valence-corrected chi connectivity index (χ3v) is 4.46. The number of rotatable bonds is 5. The average Bonchev–Trinajstić information content (AvgIpc) is 3.08. The van der Waals surface area contributed by atoms with Crippen LogP contribution in [0.3, 0.4) is 0 Å². The molecule has 128 valence electrons. The Morgan fingerprint density at radius 1 is 1.20 bits per heavy atom. The number of amides is 1. The first-order chi connectivity index (χ1) is 12.0. The smallest absolute Gasteiger partial charge is 0.253 e. The second-order valence-corrected chi connectivity index (χ2v) is 6.58. The zero-order chi connectivity index (χ0) is 17.8. The van der Waals surface area contributed by atoms with Gasteiger partial charge in [-0.3, -0.25) is 9.89 Å². The van der Waals surface area contributed by atoms with E-state index in [9.17, 15) is 9.18 Å². The van der Waals surface area contributed by atoms with Crippen LogP contribution in [0.25, 0.3) is 11.4 Å². The minimum atomic E-state index is -0.343. The van der Waals surface area contributed by atoms with Crippen molar-refractivity contribution in [3.63, 3.8) is 0 Å². The number of benzene rings is 2. The van der Waals surface area contributed by atoms with Crippen LogP contribution in [0.4, 0.5) is 4.39 Å². The summed E-state index contributed by atoms with van der Waals surface area (Å²) in [4.78, 5) is 17.9. The predicted molar refractivity (Wildman–Crippen MR) is 95.8 cm³/mol. The lowest BCUT2D eigenvalue weighted by Gasteiger charge is -2.10. The summed E-state index contributed by atoms with van der Waals surface area (Å²) in [5.41, 5.74) is 2.03.